The van der Waals surface area contributed by atoms with E-state index in [1.165, 1.54) is 22.5 Å². The fraction of sp³-hybridized carbons (Fsp3) is 0.111. The van der Waals surface area contributed by atoms with E-state index in [9.17, 15) is 4.79 Å². The number of nitrogens with zero attached hydrogens (tertiary/aromatic N) is 1. The Morgan fingerprint density at radius 1 is 0.909 bits per heavy atom. The fourth-order valence-electron chi connectivity index (χ4n) is 3.20. The van der Waals surface area contributed by atoms with Crippen molar-refractivity contribution < 1.29 is 9.53 Å². The number of carbonyl (C=O) groups is 1. The molecule has 4 nitrogen and oxygen atoms in total. The molecule has 0 bridgehead atoms. The van der Waals surface area contributed by atoms with Crippen LogP contribution in [0.4, 0.5) is 0 Å². The third-order valence-corrected chi connectivity index (χ3v) is 6.17. The van der Waals surface area contributed by atoms with Gasteiger partial charge in [-0.2, -0.15) is 5.10 Å². The van der Waals surface area contributed by atoms with Crippen molar-refractivity contribution in [1.82, 2.24) is 5.43 Å². The van der Waals surface area contributed by atoms with E-state index in [2.05, 4.69) is 40.9 Å². The number of rotatable bonds is 9. The van der Waals surface area contributed by atoms with E-state index in [1.54, 1.807) is 6.21 Å². The Hall–Kier alpha value is -3.28. The van der Waals surface area contributed by atoms with Gasteiger partial charge in [0.1, 0.15) is 12.4 Å². The van der Waals surface area contributed by atoms with Gasteiger partial charge in [0.05, 0.1) is 12.0 Å². The van der Waals surface area contributed by atoms with Crippen molar-refractivity contribution >= 4 is 46.3 Å². The zero-order chi connectivity index (χ0) is 22.9. The van der Waals surface area contributed by atoms with E-state index in [0.717, 1.165) is 28.2 Å². The molecule has 6 heteroatoms. The second-order valence-corrected chi connectivity index (χ2v) is 8.87. The molecule has 1 N–H and O–H groups in total. The van der Waals surface area contributed by atoms with Crippen molar-refractivity contribution in [2.75, 3.05) is 5.75 Å². The maximum absolute atomic E-state index is 11.9. The molecule has 0 aromatic heterocycles. The van der Waals surface area contributed by atoms with Gasteiger partial charge >= 0.3 is 0 Å². The monoisotopic (exact) mass is 474 g/mol. The van der Waals surface area contributed by atoms with Crippen LogP contribution in [0, 0.1) is 0 Å². The summed E-state index contributed by atoms with van der Waals surface area (Å²) in [5, 5.41) is 7.17. The van der Waals surface area contributed by atoms with Crippen LogP contribution >= 0.6 is 23.4 Å². The molecule has 4 aromatic rings. The molecule has 0 spiro atoms. The molecule has 0 aliphatic heterocycles. The zero-order valence-electron chi connectivity index (χ0n) is 17.9. The summed E-state index contributed by atoms with van der Waals surface area (Å²) < 4.78 is 5.90. The van der Waals surface area contributed by atoms with Gasteiger partial charge in [0.15, 0.2) is 0 Å². The highest BCUT2D eigenvalue weighted by Crippen LogP contribution is 2.18. The summed E-state index contributed by atoms with van der Waals surface area (Å²) in [7, 11) is 0. The van der Waals surface area contributed by atoms with Gasteiger partial charge in [-0.05, 0) is 69.9 Å². The molecule has 0 fully saturated rings. The smallest absolute Gasteiger partial charge is 0.250 e. The minimum absolute atomic E-state index is 0.138. The fourth-order valence-corrected chi connectivity index (χ4v) is 4.10. The number of thioether (sulfide) groups is 1. The SMILES string of the molecule is O=C(CSCc1ccc(Cl)cc1)N/N=C/c1ccc(OCc2ccc3ccccc3c2)cc1. The summed E-state index contributed by atoms with van der Waals surface area (Å²) in [4.78, 5) is 11.9. The highest BCUT2D eigenvalue weighted by molar-refractivity contribution is 7.99. The summed E-state index contributed by atoms with van der Waals surface area (Å²) in [6, 6.07) is 29.8. The van der Waals surface area contributed by atoms with E-state index in [1.807, 2.05) is 60.7 Å². The predicted molar refractivity (Wildman–Crippen MR) is 138 cm³/mol. The molecule has 0 unspecified atom stereocenters. The molecule has 4 rings (SSSR count). The molecule has 0 aliphatic carbocycles. The number of hydrazone groups is 1. The molecule has 0 atom stereocenters. The van der Waals surface area contributed by atoms with Gasteiger partial charge in [0, 0.05) is 10.8 Å². The number of nitrogens with one attached hydrogen (secondary N) is 1. The third kappa shape index (κ3) is 7.11. The summed E-state index contributed by atoms with van der Waals surface area (Å²) in [5.41, 5.74) is 5.69. The van der Waals surface area contributed by atoms with Crippen molar-refractivity contribution in [3.63, 3.8) is 0 Å². The highest BCUT2D eigenvalue weighted by atomic mass is 35.5. The molecule has 0 aliphatic rings. The number of amides is 1. The van der Waals surface area contributed by atoms with Crippen molar-refractivity contribution in [3.05, 3.63) is 113 Å². The second-order valence-electron chi connectivity index (χ2n) is 7.45. The van der Waals surface area contributed by atoms with Crippen LogP contribution in [0.15, 0.2) is 96.1 Å². The van der Waals surface area contributed by atoms with Gasteiger partial charge in [0.2, 0.25) is 5.91 Å². The molecule has 0 saturated heterocycles. The Kier molecular flexibility index (Phi) is 8.01. The molecule has 33 heavy (non-hydrogen) atoms. The molecule has 1 amide bonds. The van der Waals surface area contributed by atoms with E-state index in [0.29, 0.717) is 17.4 Å². The molecule has 0 heterocycles. The zero-order valence-corrected chi connectivity index (χ0v) is 19.5. The van der Waals surface area contributed by atoms with Crippen molar-refractivity contribution in [3.8, 4) is 5.75 Å². The van der Waals surface area contributed by atoms with Gasteiger partial charge in [0.25, 0.3) is 0 Å². The van der Waals surface area contributed by atoms with Crippen LogP contribution in [-0.2, 0) is 17.2 Å². The Morgan fingerprint density at radius 2 is 1.64 bits per heavy atom. The predicted octanol–water partition coefficient (Wildman–Crippen LogP) is 6.46. The maximum Gasteiger partial charge on any atom is 0.250 e. The van der Waals surface area contributed by atoms with Gasteiger partial charge < -0.3 is 4.74 Å². The molecule has 0 saturated carbocycles. The lowest BCUT2D eigenvalue weighted by molar-refractivity contribution is -0.118. The Balaban J connectivity index is 1.19. The first-order valence-corrected chi connectivity index (χ1v) is 12.0. The quantitative estimate of drug-likeness (QED) is 0.224. The summed E-state index contributed by atoms with van der Waals surface area (Å²) in [6.45, 7) is 0.502. The Bertz CT molecular complexity index is 1240. The van der Waals surface area contributed by atoms with Crippen LogP contribution in [0.2, 0.25) is 5.02 Å². The lowest BCUT2D eigenvalue weighted by Gasteiger charge is -2.07. The van der Waals surface area contributed by atoms with Gasteiger partial charge in [-0.1, -0.05) is 60.1 Å². The Labute approximate surface area is 202 Å². The molecule has 0 radical (unpaired) electrons. The van der Waals surface area contributed by atoms with Crippen molar-refractivity contribution in [1.29, 1.82) is 0 Å². The first-order valence-electron chi connectivity index (χ1n) is 10.5. The number of hydrogen-bond acceptors (Lipinski definition) is 4. The number of fused-ring (bicyclic) bond motifs is 1. The average Bonchev–Trinajstić information content (AvgIpc) is 2.85. The standard InChI is InChI=1S/C27H23ClN2O2S/c28-25-11-6-21(7-12-25)18-33-19-27(31)30-29-16-20-8-13-26(14-9-20)32-17-22-5-10-23-3-1-2-4-24(23)15-22/h1-16H,17-19H2,(H,30,31)/b29-16+. The lowest BCUT2D eigenvalue weighted by Crippen LogP contribution is -2.19. The van der Waals surface area contributed by atoms with E-state index in [-0.39, 0.29) is 5.91 Å². The van der Waals surface area contributed by atoms with Gasteiger partial charge in [-0.3, -0.25) is 4.79 Å². The number of benzene rings is 4. The summed E-state index contributed by atoms with van der Waals surface area (Å²) in [5.74, 6) is 1.72. The van der Waals surface area contributed by atoms with Gasteiger partial charge in [-0.25, -0.2) is 5.43 Å². The van der Waals surface area contributed by atoms with E-state index in [4.69, 9.17) is 16.3 Å². The second kappa shape index (κ2) is 11.5. The van der Waals surface area contributed by atoms with Gasteiger partial charge in [-0.15, -0.1) is 11.8 Å². The normalized spacial score (nSPS) is 11.1. The highest BCUT2D eigenvalue weighted by Gasteiger charge is 2.02. The Morgan fingerprint density at radius 3 is 2.42 bits per heavy atom. The topological polar surface area (TPSA) is 50.7 Å². The minimum Gasteiger partial charge on any atom is -0.489 e. The van der Waals surface area contributed by atoms with Crippen LogP contribution in [0.25, 0.3) is 10.8 Å². The first-order chi connectivity index (χ1) is 16.2. The van der Waals surface area contributed by atoms with E-state index >= 15 is 0 Å². The number of carbonyl (C=O) groups excluding carboxylic acids is 1. The van der Waals surface area contributed by atoms with Crippen LogP contribution in [0.3, 0.4) is 0 Å². The third-order valence-electron chi connectivity index (χ3n) is 4.92. The molecule has 4 aromatic carbocycles. The number of ether oxygens (including phenoxy) is 1. The minimum atomic E-state index is -0.138. The lowest BCUT2D eigenvalue weighted by atomic mass is 10.1. The van der Waals surface area contributed by atoms with Crippen LogP contribution in [0.1, 0.15) is 16.7 Å². The maximum atomic E-state index is 11.9. The van der Waals surface area contributed by atoms with Crippen LogP contribution in [0.5, 0.6) is 5.75 Å². The molecule has 166 valence electrons. The molecular weight excluding hydrogens is 452 g/mol. The van der Waals surface area contributed by atoms with Crippen LogP contribution < -0.4 is 10.2 Å². The van der Waals surface area contributed by atoms with E-state index < -0.39 is 0 Å². The van der Waals surface area contributed by atoms with Crippen molar-refractivity contribution in [2.24, 2.45) is 5.10 Å². The summed E-state index contributed by atoms with van der Waals surface area (Å²) in [6.07, 6.45) is 1.62. The first kappa shape index (κ1) is 22.9. The summed E-state index contributed by atoms with van der Waals surface area (Å²) >= 11 is 7.40. The average molecular weight is 475 g/mol. The van der Waals surface area contributed by atoms with Crippen LogP contribution in [-0.4, -0.2) is 17.9 Å². The van der Waals surface area contributed by atoms with Crippen molar-refractivity contribution in [2.45, 2.75) is 12.4 Å². The number of halogens is 1. The number of hydrogen-bond donors (Lipinski definition) is 1. The molecular formula is C27H23ClN2O2S. The largest absolute Gasteiger partial charge is 0.489 e.